The van der Waals surface area contributed by atoms with E-state index in [4.69, 9.17) is 0 Å². The number of hydrogen-bond acceptors (Lipinski definition) is 4. The van der Waals surface area contributed by atoms with E-state index >= 15 is 0 Å². The van der Waals surface area contributed by atoms with Gasteiger partial charge in [-0.2, -0.15) is 0 Å². The maximum Gasteiger partial charge on any atom is 0.264 e. The molecule has 2 aromatic carbocycles. The van der Waals surface area contributed by atoms with Crippen molar-refractivity contribution in [1.82, 2.24) is 9.55 Å². The number of halogens is 2. The second kappa shape index (κ2) is 6.40. The number of aryl methyl sites for hydroxylation is 1. The van der Waals surface area contributed by atoms with Crippen LogP contribution in [0.5, 0.6) is 0 Å². The van der Waals surface area contributed by atoms with Gasteiger partial charge in [-0.1, -0.05) is 23.9 Å². The van der Waals surface area contributed by atoms with Crippen LogP contribution >= 0.6 is 11.8 Å². The zero-order valence-electron chi connectivity index (χ0n) is 13.3. The Bertz CT molecular complexity index is 1060. The Morgan fingerprint density at radius 3 is 2.58 bits per heavy atom. The third-order valence-electron chi connectivity index (χ3n) is 3.92. The van der Waals surface area contributed by atoms with E-state index < -0.39 is 26.6 Å². The van der Waals surface area contributed by atoms with Gasteiger partial charge in [0.05, 0.1) is 5.69 Å². The maximum atomic E-state index is 13.7. The average molecular weight is 393 g/mol. The molecule has 5 nitrogen and oxygen atoms in total. The molecule has 0 unspecified atom stereocenters. The van der Waals surface area contributed by atoms with Gasteiger partial charge in [-0.15, -0.1) is 0 Å². The van der Waals surface area contributed by atoms with Crippen LogP contribution in [-0.2, 0) is 16.6 Å². The molecule has 0 bridgehead atoms. The summed E-state index contributed by atoms with van der Waals surface area (Å²) in [5, 5.41) is 0.969. The third kappa shape index (κ3) is 3.19. The molecule has 0 aliphatic carbocycles. The molecule has 1 aliphatic heterocycles. The van der Waals surface area contributed by atoms with E-state index in [0.717, 1.165) is 40.8 Å². The molecule has 0 atom stereocenters. The third-order valence-corrected chi connectivity index (χ3v) is 6.30. The molecule has 0 saturated carbocycles. The minimum absolute atomic E-state index is 0.276. The molecule has 0 spiro atoms. The smallest absolute Gasteiger partial charge is 0.264 e. The first-order chi connectivity index (χ1) is 12.4. The molecular weight excluding hydrogens is 380 g/mol. The summed E-state index contributed by atoms with van der Waals surface area (Å²) in [5.74, 6) is -0.960. The van der Waals surface area contributed by atoms with E-state index in [2.05, 4.69) is 14.3 Å². The monoisotopic (exact) mass is 393 g/mol. The van der Waals surface area contributed by atoms with Crippen LogP contribution in [0.2, 0.25) is 0 Å². The number of thioether (sulfide) groups is 1. The summed E-state index contributed by atoms with van der Waals surface area (Å²) in [6.07, 6.45) is 1.96. The van der Waals surface area contributed by atoms with Crippen molar-refractivity contribution in [3.63, 3.8) is 0 Å². The molecule has 0 radical (unpaired) electrons. The SMILES string of the molecule is O=S(=O)(Nc1ccc(-c2cn3c(n2)SCC3)cc1)c1ccc(F)cc1F. The highest BCUT2D eigenvalue weighted by molar-refractivity contribution is 7.99. The molecule has 4 rings (SSSR count). The van der Waals surface area contributed by atoms with E-state index in [-0.39, 0.29) is 5.69 Å². The summed E-state index contributed by atoms with van der Waals surface area (Å²) < 4.78 is 55.7. The van der Waals surface area contributed by atoms with Crippen LogP contribution in [0.3, 0.4) is 0 Å². The van der Waals surface area contributed by atoms with Gasteiger partial charge >= 0.3 is 0 Å². The molecular formula is C17H13F2N3O2S2. The number of benzene rings is 2. The van der Waals surface area contributed by atoms with Gasteiger partial charge in [0.25, 0.3) is 10.0 Å². The molecule has 134 valence electrons. The molecule has 1 aliphatic rings. The lowest BCUT2D eigenvalue weighted by atomic mass is 10.1. The number of nitrogens with zero attached hydrogens (tertiary/aromatic N) is 2. The first-order valence-corrected chi connectivity index (χ1v) is 10.2. The van der Waals surface area contributed by atoms with Crippen molar-refractivity contribution < 1.29 is 17.2 Å². The number of imidazole rings is 1. The quantitative estimate of drug-likeness (QED) is 0.734. The first kappa shape index (κ1) is 17.0. The standard InChI is InChI=1S/C17H13F2N3O2S2/c18-12-3-6-16(14(19)9-12)26(23,24)21-13-4-1-11(2-5-13)15-10-22-7-8-25-17(22)20-15/h1-6,9-10,21H,7-8H2. The lowest BCUT2D eigenvalue weighted by Gasteiger charge is -2.09. The second-order valence-electron chi connectivity index (χ2n) is 5.71. The van der Waals surface area contributed by atoms with Crippen LogP contribution in [0.15, 0.2) is 58.7 Å². The van der Waals surface area contributed by atoms with Gasteiger partial charge < -0.3 is 4.57 Å². The van der Waals surface area contributed by atoms with Gasteiger partial charge in [0.15, 0.2) is 5.16 Å². The zero-order valence-corrected chi connectivity index (χ0v) is 14.9. The fourth-order valence-corrected chi connectivity index (χ4v) is 4.72. The van der Waals surface area contributed by atoms with Crippen LogP contribution in [0.4, 0.5) is 14.5 Å². The van der Waals surface area contributed by atoms with Gasteiger partial charge in [0.1, 0.15) is 16.5 Å². The Kier molecular flexibility index (Phi) is 4.20. The summed E-state index contributed by atoms with van der Waals surface area (Å²) >= 11 is 1.69. The highest BCUT2D eigenvalue weighted by Gasteiger charge is 2.20. The number of nitrogens with one attached hydrogen (secondary N) is 1. The van der Waals surface area contributed by atoms with Gasteiger partial charge in [0.2, 0.25) is 0 Å². The fraction of sp³-hybridized carbons (Fsp3) is 0.118. The largest absolute Gasteiger partial charge is 0.325 e. The van der Waals surface area contributed by atoms with Gasteiger partial charge in [-0.3, -0.25) is 4.72 Å². The molecule has 0 saturated heterocycles. The molecule has 3 aromatic rings. The van der Waals surface area contributed by atoms with Crippen molar-refractivity contribution in [1.29, 1.82) is 0 Å². The van der Waals surface area contributed by atoms with Crippen molar-refractivity contribution in [2.45, 2.75) is 16.6 Å². The topological polar surface area (TPSA) is 64.0 Å². The van der Waals surface area contributed by atoms with Crippen LogP contribution in [0, 0.1) is 11.6 Å². The fourth-order valence-electron chi connectivity index (χ4n) is 2.66. The molecule has 1 aromatic heterocycles. The summed E-state index contributed by atoms with van der Waals surface area (Å²) in [5.41, 5.74) is 1.94. The lowest BCUT2D eigenvalue weighted by molar-refractivity contribution is 0.551. The highest BCUT2D eigenvalue weighted by atomic mass is 32.2. The van der Waals surface area contributed by atoms with E-state index in [0.29, 0.717) is 6.07 Å². The van der Waals surface area contributed by atoms with Gasteiger partial charge in [-0.05, 0) is 24.3 Å². The average Bonchev–Trinajstić information content (AvgIpc) is 3.16. The van der Waals surface area contributed by atoms with Gasteiger partial charge in [-0.25, -0.2) is 22.2 Å². The van der Waals surface area contributed by atoms with Crippen molar-refractivity contribution in [3.05, 3.63) is 60.3 Å². The maximum absolute atomic E-state index is 13.7. The van der Waals surface area contributed by atoms with E-state index in [1.807, 2.05) is 6.20 Å². The molecule has 0 fully saturated rings. The summed E-state index contributed by atoms with van der Waals surface area (Å²) in [7, 11) is -4.15. The number of hydrogen-bond donors (Lipinski definition) is 1. The van der Waals surface area contributed by atoms with Crippen molar-refractivity contribution >= 4 is 27.5 Å². The highest BCUT2D eigenvalue weighted by Crippen LogP contribution is 2.29. The first-order valence-electron chi connectivity index (χ1n) is 7.71. The van der Waals surface area contributed by atoms with Crippen LogP contribution in [-0.4, -0.2) is 23.7 Å². The summed E-state index contributed by atoms with van der Waals surface area (Å²) in [4.78, 5) is 3.93. The molecule has 0 amide bonds. The number of aromatic nitrogens is 2. The van der Waals surface area contributed by atoms with E-state index in [9.17, 15) is 17.2 Å². The van der Waals surface area contributed by atoms with Crippen molar-refractivity contribution in [3.8, 4) is 11.3 Å². The predicted octanol–water partition coefficient (Wildman–Crippen LogP) is 3.73. The summed E-state index contributed by atoms with van der Waals surface area (Å²) in [6.45, 7) is 0.925. The summed E-state index contributed by atoms with van der Waals surface area (Å²) in [6, 6.07) is 8.96. The van der Waals surface area contributed by atoms with Gasteiger partial charge in [0, 0.05) is 35.8 Å². The van der Waals surface area contributed by atoms with Crippen molar-refractivity contribution in [2.24, 2.45) is 0 Å². The minimum atomic E-state index is -4.15. The Morgan fingerprint density at radius 2 is 1.88 bits per heavy atom. The van der Waals surface area contributed by atoms with E-state index in [1.54, 1.807) is 36.0 Å². The number of anilines is 1. The van der Waals surface area contributed by atoms with E-state index in [1.165, 1.54) is 0 Å². The Hall–Kier alpha value is -2.39. The lowest BCUT2D eigenvalue weighted by Crippen LogP contribution is -2.14. The number of sulfonamides is 1. The number of fused-ring (bicyclic) bond motifs is 1. The normalized spacial score (nSPS) is 13.6. The number of rotatable bonds is 4. The predicted molar refractivity (Wildman–Crippen MR) is 95.6 cm³/mol. The molecule has 2 heterocycles. The van der Waals surface area contributed by atoms with Crippen LogP contribution < -0.4 is 4.72 Å². The Labute approximate surface area is 153 Å². The van der Waals surface area contributed by atoms with Crippen molar-refractivity contribution in [2.75, 3.05) is 10.5 Å². The molecule has 1 N–H and O–H groups in total. The Morgan fingerprint density at radius 1 is 1.12 bits per heavy atom. The van der Waals surface area contributed by atoms with Crippen LogP contribution in [0.25, 0.3) is 11.3 Å². The Balaban J connectivity index is 1.56. The zero-order chi connectivity index (χ0) is 18.3. The second-order valence-corrected chi connectivity index (χ2v) is 8.42. The molecule has 26 heavy (non-hydrogen) atoms. The molecule has 9 heteroatoms. The minimum Gasteiger partial charge on any atom is -0.325 e. The van der Waals surface area contributed by atoms with Crippen LogP contribution in [0.1, 0.15) is 0 Å².